The summed E-state index contributed by atoms with van der Waals surface area (Å²) in [6, 6.07) is 20.1. The molecule has 148 valence electrons. The number of nitrogens with one attached hydrogen (secondary N) is 1. The number of aromatic nitrogens is 2. The predicted octanol–water partition coefficient (Wildman–Crippen LogP) is 5.09. The van der Waals surface area contributed by atoms with Crippen molar-refractivity contribution in [3.05, 3.63) is 72.4 Å². The number of carbonyl (C=O) groups excluding carboxylic acids is 1. The number of carbonyl (C=O) groups is 1. The highest BCUT2D eigenvalue weighted by molar-refractivity contribution is 6.00. The van der Waals surface area contributed by atoms with Crippen LogP contribution in [0.25, 0.3) is 16.9 Å². The smallest absolute Gasteiger partial charge is 0.255 e. The second-order valence-corrected chi connectivity index (χ2v) is 8.64. The van der Waals surface area contributed by atoms with Gasteiger partial charge < -0.3 is 5.32 Å². The minimum Gasteiger partial charge on any atom is -0.349 e. The lowest BCUT2D eigenvalue weighted by molar-refractivity contribution is 0.0916. The van der Waals surface area contributed by atoms with Crippen LogP contribution in [0.5, 0.6) is 0 Å². The molecule has 5 rings (SSSR count). The van der Waals surface area contributed by atoms with Gasteiger partial charge in [0, 0.05) is 17.8 Å². The molecule has 1 N–H and O–H groups in total. The molecule has 2 saturated carbocycles. The Balaban J connectivity index is 1.44. The average molecular weight is 386 g/mol. The van der Waals surface area contributed by atoms with Crippen molar-refractivity contribution in [2.24, 2.45) is 17.8 Å². The van der Waals surface area contributed by atoms with E-state index in [0.717, 1.165) is 28.8 Å². The van der Waals surface area contributed by atoms with E-state index in [1.165, 1.54) is 25.7 Å². The van der Waals surface area contributed by atoms with Gasteiger partial charge in [0.15, 0.2) is 0 Å². The van der Waals surface area contributed by atoms with Crippen LogP contribution in [0.4, 0.5) is 0 Å². The van der Waals surface area contributed by atoms with E-state index < -0.39 is 0 Å². The summed E-state index contributed by atoms with van der Waals surface area (Å²) in [7, 11) is 0. The van der Waals surface area contributed by atoms with Crippen LogP contribution in [0.3, 0.4) is 0 Å². The Kier molecular flexibility index (Phi) is 4.70. The van der Waals surface area contributed by atoms with Crippen LogP contribution in [0.1, 0.15) is 43.0 Å². The number of rotatable bonds is 5. The van der Waals surface area contributed by atoms with Gasteiger partial charge in [-0.05, 0) is 56.1 Å². The standard InChI is InChI=1S/C25H27N3O/c1-17(22-15-18-12-13-20(22)14-18)26-25(29)23-16-28(21-10-6-3-7-11-21)27-24(23)19-8-4-2-5-9-19/h2-11,16-18,20,22H,12-15H2,1H3,(H,26,29)/t17-,18+,20+,22+/m1/s1. The van der Waals surface area contributed by atoms with E-state index in [9.17, 15) is 4.79 Å². The molecule has 1 amide bonds. The second-order valence-electron chi connectivity index (χ2n) is 8.64. The number of amides is 1. The third-order valence-corrected chi connectivity index (χ3v) is 6.82. The zero-order valence-electron chi connectivity index (χ0n) is 16.8. The quantitative estimate of drug-likeness (QED) is 0.665. The van der Waals surface area contributed by atoms with Crippen molar-refractivity contribution in [1.82, 2.24) is 15.1 Å². The van der Waals surface area contributed by atoms with Crippen LogP contribution in [0, 0.1) is 17.8 Å². The first kappa shape index (κ1) is 18.2. The maximum Gasteiger partial charge on any atom is 0.255 e. The molecule has 0 radical (unpaired) electrons. The van der Waals surface area contributed by atoms with Gasteiger partial charge in [0.05, 0.1) is 11.3 Å². The summed E-state index contributed by atoms with van der Waals surface area (Å²) in [6.45, 7) is 2.17. The molecule has 2 aliphatic rings. The number of benzene rings is 2. The highest BCUT2D eigenvalue weighted by Crippen LogP contribution is 2.49. The summed E-state index contributed by atoms with van der Waals surface area (Å²) >= 11 is 0. The number of nitrogens with zero attached hydrogens (tertiary/aromatic N) is 2. The maximum atomic E-state index is 13.3. The summed E-state index contributed by atoms with van der Waals surface area (Å²) in [4.78, 5) is 13.3. The second kappa shape index (κ2) is 7.51. The molecule has 4 heteroatoms. The number of para-hydroxylation sites is 1. The topological polar surface area (TPSA) is 46.9 Å². The molecule has 2 aliphatic carbocycles. The Labute approximate surface area is 172 Å². The third-order valence-electron chi connectivity index (χ3n) is 6.82. The molecule has 3 aromatic rings. The first-order valence-electron chi connectivity index (χ1n) is 10.7. The van der Waals surface area contributed by atoms with E-state index in [2.05, 4.69) is 12.2 Å². The van der Waals surface area contributed by atoms with Gasteiger partial charge in [0.25, 0.3) is 5.91 Å². The van der Waals surface area contributed by atoms with E-state index >= 15 is 0 Å². The molecule has 4 atom stereocenters. The Morgan fingerprint density at radius 1 is 1.03 bits per heavy atom. The van der Waals surface area contributed by atoms with Crippen molar-refractivity contribution in [3.8, 4) is 16.9 Å². The molecule has 4 nitrogen and oxygen atoms in total. The van der Waals surface area contributed by atoms with Crippen molar-refractivity contribution < 1.29 is 4.79 Å². The van der Waals surface area contributed by atoms with Crippen molar-refractivity contribution >= 4 is 5.91 Å². The van der Waals surface area contributed by atoms with E-state index in [4.69, 9.17) is 5.10 Å². The first-order valence-corrected chi connectivity index (χ1v) is 10.7. The summed E-state index contributed by atoms with van der Waals surface area (Å²) in [6.07, 6.45) is 7.19. The molecule has 0 spiro atoms. The molecule has 1 aromatic heterocycles. The van der Waals surface area contributed by atoms with Gasteiger partial charge in [0.2, 0.25) is 0 Å². The van der Waals surface area contributed by atoms with Gasteiger partial charge in [-0.15, -0.1) is 0 Å². The highest BCUT2D eigenvalue weighted by Gasteiger charge is 2.42. The minimum atomic E-state index is -0.0266. The predicted molar refractivity (Wildman–Crippen MR) is 115 cm³/mol. The van der Waals surface area contributed by atoms with Gasteiger partial charge in [-0.2, -0.15) is 5.10 Å². The molecule has 0 aliphatic heterocycles. The van der Waals surface area contributed by atoms with Crippen molar-refractivity contribution in [1.29, 1.82) is 0 Å². The van der Waals surface area contributed by atoms with Gasteiger partial charge >= 0.3 is 0 Å². The van der Waals surface area contributed by atoms with Crippen LogP contribution >= 0.6 is 0 Å². The Bertz CT molecular complexity index is 995. The van der Waals surface area contributed by atoms with Crippen molar-refractivity contribution in [3.63, 3.8) is 0 Å². The zero-order chi connectivity index (χ0) is 19.8. The zero-order valence-corrected chi connectivity index (χ0v) is 16.8. The summed E-state index contributed by atoms with van der Waals surface area (Å²) in [5.41, 5.74) is 3.27. The molecular weight excluding hydrogens is 358 g/mol. The first-order chi connectivity index (χ1) is 14.2. The molecule has 1 heterocycles. The molecule has 2 aromatic carbocycles. The minimum absolute atomic E-state index is 0.0266. The van der Waals surface area contributed by atoms with Crippen molar-refractivity contribution in [2.75, 3.05) is 0 Å². The largest absolute Gasteiger partial charge is 0.349 e. The van der Waals surface area contributed by atoms with E-state index in [1.807, 2.05) is 66.9 Å². The van der Waals surface area contributed by atoms with E-state index in [-0.39, 0.29) is 11.9 Å². The number of hydrogen-bond donors (Lipinski definition) is 1. The highest BCUT2D eigenvalue weighted by atomic mass is 16.1. The Morgan fingerprint density at radius 3 is 2.41 bits per heavy atom. The van der Waals surface area contributed by atoms with E-state index in [0.29, 0.717) is 11.5 Å². The van der Waals surface area contributed by atoms with Gasteiger partial charge in [-0.1, -0.05) is 55.0 Å². The van der Waals surface area contributed by atoms with Gasteiger partial charge in [-0.3, -0.25) is 4.79 Å². The van der Waals surface area contributed by atoms with Crippen LogP contribution in [0.15, 0.2) is 66.9 Å². The summed E-state index contributed by atoms with van der Waals surface area (Å²) in [5, 5.41) is 8.08. The molecular formula is C25H27N3O. The average Bonchev–Trinajstić information content (AvgIpc) is 3.50. The lowest BCUT2D eigenvalue weighted by Gasteiger charge is -2.28. The molecule has 0 saturated heterocycles. The van der Waals surface area contributed by atoms with Crippen LogP contribution in [0.2, 0.25) is 0 Å². The fourth-order valence-electron chi connectivity index (χ4n) is 5.36. The van der Waals surface area contributed by atoms with Crippen molar-refractivity contribution in [2.45, 2.75) is 38.6 Å². The maximum absolute atomic E-state index is 13.3. The van der Waals surface area contributed by atoms with Gasteiger partial charge in [0.1, 0.15) is 5.69 Å². The fourth-order valence-corrected chi connectivity index (χ4v) is 5.36. The van der Waals surface area contributed by atoms with E-state index in [1.54, 1.807) is 4.68 Å². The molecule has 2 fully saturated rings. The molecule has 0 unspecified atom stereocenters. The molecule has 29 heavy (non-hydrogen) atoms. The summed E-state index contributed by atoms with van der Waals surface area (Å²) < 4.78 is 1.81. The van der Waals surface area contributed by atoms with Crippen LogP contribution in [-0.2, 0) is 0 Å². The SMILES string of the molecule is C[C@@H](NC(=O)c1cn(-c2ccccc2)nc1-c1ccccc1)[C@@H]1C[C@H]2CC[C@H]1C2. The molecule has 2 bridgehead atoms. The Hall–Kier alpha value is -2.88. The normalized spacial score (nSPS) is 23.8. The monoisotopic (exact) mass is 385 g/mol. The lowest BCUT2D eigenvalue weighted by atomic mass is 9.84. The van der Waals surface area contributed by atoms with Crippen LogP contribution in [-0.4, -0.2) is 21.7 Å². The number of fused-ring (bicyclic) bond motifs is 2. The lowest BCUT2D eigenvalue weighted by Crippen LogP contribution is -2.40. The fraction of sp³-hybridized carbons (Fsp3) is 0.360. The third kappa shape index (κ3) is 3.48. The van der Waals surface area contributed by atoms with Gasteiger partial charge in [-0.25, -0.2) is 4.68 Å². The van der Waals surface area contributed by atoms with Crippen LogP contribution < -0.4 is 5.32 Å². The number of hydrogen-bond acceptors (Lipinski definition) is 2. The Morgan fingerprint density at radius 2 is 1.76 bits per heavy atom. The summed E-state index contributed by atoms with van der Waals surface area (Å²) in [5.74, 6) is 2.25.